The zero-order chi connectivity index (χ0) is 16.1. The number of hydrogen-bond acceptors (Lipinski definition) is 5. The number of benzene rings is 2. The third-order valence-electron chi connectivity index (χ3n) is 3.21. The second-order valence-electron chi connectivity index (χ2n) is 4.80. The van der Waals surface area contributed by atoms with E-state index in [4.69, 9.17) is 9.47 Å². The number of nitrogens with one attached hydrogen (secondary N) is 1. The van der Waals surface area contributed by atoms with E-state index in [0.29, 0.717) is 12.6 Å². The average Bonchev–Trinajstić information content (AvgIpc) is 3.04. The van der Waals surface area contributed by atoms with Gasteiger partial charge in [0.1, 0.15) is 17.8 Å². The van der Waals surface area contributed by atoms with Crippen molar-refractivity contribution in [1.82, 2.24) is 14.8 Å². The van der Waals surface area contributed by atoms with Crippen LogP contribution in [0.5, 0.6) is 11.5 Å². The van der Waals surface area contributed by atoms with Crippen molar-refractivity contribution < 1.29 is 9.47 Å². The lowest BCUT2D eigenvalue weighted by molar-refractivity contribution is 0.340. The van der Waals surface area contributed by atoms with E-state index >= 15 is 0 Å². The van der Waals surface area contributed by atoms with E-state index < -0.39 is 0 Å². The second kappa shape index (κ2) is 6.83. The van der Waals surface area contributed by atoms with Crippen molar-refractivity contribution >= 4 is 11.6 Å². The van der Waals surface area contributed by atoms with Gasteiger partial charge in [-0.25, -0.2) is 4.68 Å². The normalized spacial score (nSPS) is 10.3. The van der Waals surface area contributed by atoms with Gasteiger partial charge in [-0.2, -0.15) is 4.98 Å². The number of anilines is 2. The molecule has 118 valence electrons. The predicted molar refractivity (Wildman–Crippen MR) is 88.8 cm³/mol. The van der Waals surface area contributed by atoms with E-state index in [0.717, 1.165) is 22.9 Å². The first-order valence-electron chi connectivity index (χ1n) is 7.34. The molecule has 0 radical (unpaired) electrons. The SMILES string of the molecule is CCOc1cccc(-n2cnc(Nc3cccc(OC)c3)n2)c1. The van der Waals surface area contributed by atoms with Crippen molar-refractivity contribution in [2.45, 2.75) is 6.92 Å². The molecular formula is C17H18N4O2. The summed E-state index contributed by atoms with van der Waals surface area (Å²) >= 11 is 0. The molecule has 0 amide bonds. The van der Waals surface area contributed by atoms with Crippen LogP contribution in [-0.2, 0) is 0 Å². The summed E-state index contributed by atoms with van der Waals surface area (Å²) in [6, 6.07) is 15.3. The molecule has 23 heavy (non-hydrogen) atoms. The standard InChI is InChI=1S/C17H18N4O2/c1-3-23-16-9-5-7-14(11-16)21-12-18-17(20-21)19-13-6-4-8-15(10-13)22-2/h4-12H,3H2,1-2H3,(H,19,20). The van der Waals surface area contributed by atoms with Crippen LogP contribution in [0, 0.1) is 0 Å². The molecule has 1 N–H and O–H groups in total. The first-order valence-corrected chi connectivity index (χ1v) is 7.34. The van der Waals surface area contributed by atoms with Crippen molar-refractivity contribution in [3.8, 4) is 17.2 Å². The first kappa shape index (κ1) is 14.9. The van der Waals surface area contributed by atoms with Crippen molar-refractivity contribution in [3.63, 3.8) is 0 Å². The lowest BCUT2D eigenvalue weighted by atomic mass is 10.3. The molecule has 3 aromatic rings. The quantitative estimate of drug-likeness (QED) is 0.756. The van der Waals surface area contributed by atoms with Gasteiger partial charge in [0.15, 0.2) is 0 Å². The molecule has 6 heteroatoms. The van der Waals surface area contributed by atoms with E-state index in [1.54, 1.807) is 18.1 Å². The van der Waals surface area contributed by atoms with Gasteiger partial charge in [-0.15, -0.1) is 5.10 Å². The van der Waals surface area contributed by atoms with Crippen molar-refractivity contribution in [2.75, 3.05) is 19.0 Å². The minimum Gasteiger partial charge on any atom is -0.497 e. The minimum atomic E-state index is 0.514. The Balaban J connectivity index is 1.78. The molecule has 3 rings (SSSR count). The van der Waals surface area contributed by atoms with Gasteiger partial charge in [-0.05, 0) is 31.2 Å². The number of methoxy groups -OCH3 is 1. The fourth-order valence-electron chi connectivity index (χ4n) is 2.16. The van der Waals surface area contributed by atoms with Crippen molar-refractivity contribution in [1.29, 1.82) is 0 Å². The Hall–Kier alpha value is -3.02. The number of hydrogen-bond donors (Lipinski definition) is 1. The van der Waals surface area contributed by atoms with Gasteiger partial charge < -0.3 is 14.8 Å². The molecule has 2 aromatic carbocycles. The Morgan fingerprint density at radius 3 is 2.74 bits per heavy atom. The van der Waals surface area contributed by atoms with Crippen LogP contribution < -0.4 is 14.8 Å². The summed E-state index contributed by atoms with van der Waals surface area (Å²) in [5.41, 5.74) is 1.76. The van der Waals surface area contributed by atoms with Gasteiger partial charge in [0.25, 0.3) is 0 Å². The Kier molecular flexibility index (Phi) is 4.42. The topological polar surface area (TPSA) is 61.2 Å². The summed E-state index contributed by atoms with van der Waals surface area (Å²) in [7, 11) is 1.64. The fourth-order valence-corrected chi connectivity index (χ4v) is 2.16. The highest BCUT2D eigenvalue weighted by atomic mass is 16.5. The van der Waals surface area contributed by atoms with Crippen molar-refractivity contribution in [3.05, 3.63) is 54.9 Å². The second-order valence-corrected chi connectivity index (χ2v) is 4.80. The van der Waals surface area contributed by atoms with Gasteiger partial charge in [0.2, 0.25) is 5.95 Å². The minimum absolute atomic E-state index is 0.514. The summed E-state index contributed by atoms with van der Waals surface area (Å²) < 4.78 is 12.4. The van der Waals surface area contributed by atoms with Gasteiger partial charge >= 0.3 is 0 Å². The number of ether oxygens (including phenoxy) is 2. The maximum Gasteiger partial charge on any atom is 0.246 e. The summed E-state index contributed by atoms with van der Waals surface area (Å²) in [5.74, 6) is 2.10. The van der Waals surface area contributed by atoms with Crippen LogP contribution in [0.25, 0.3) is 5.69 Å². The van der Waals surface area contributed by atoms with Crippen LogP contribution in [0.1, 0.15) is 6.92 Å². The molecule has 0 saturated heterocycles. The molecule has 6 nitrogen and oxygen atoms in total. The molecule has 0 aliphatic rings. The highest BCUT2D eigenvalue weighted by Crippen LogP contribution is 2.20. The molecule has 0 aliphatic carbocycles. The number of aromatic nitrogens is 3. The maximum absolute atomic E-state index is 5.50. The molecule has 0 fully saturated rings. The van der Waals surface area contributed by atoms with Crippen LogP contribution in [0.2, 0.25) is 0 Å². The summed E-state index contributed by atoms with van der Waals surface area (Å²) in [4.78, 5) is 4.28. The van der Waals surface area contributed by atoms with Gasteiger partial charge in [0, 0.05) is 17.8 Å². The molecule has 0 unspecified atom stereocenters. The van der Waals surface area contributed by atoms with Gasteiger partial charge in [-0.1, -0.05) is 12.1 Å². The Labute approximate surface area is 134 Å². The fraction of sp³-hybridized carbons (Fsp3) is 0.176. The third-order valence-corrected chi connectivity index (χ3v) is 3.21. The number of nitrogens with zero attached hydrogens (tertiary/aromatic N) is 3. The van der Waals surface area contributed by atoms with E-state index in [-0.39, 0.29) is 0 Å². The lowest BCUT2D eigenvalue weighted by Crippen LogP contribution is -1.98. The average molecular weight is 310 g/mol. The van der Waals surface area contributed by atoms with Gasteiger partial charge in [0.05, 0.1) is 19.4 Å². The Bertz CT molecular complexity index is 786. The monoisotopic (exact) mass is 310 g/mol. The van der Waals surface area contributed by atoms with E-state index in [1.807, 2.05) is 55.5 Å². The third kappa shape index (κ3) is 3.60. The lowest BCUT2D eigenvalue weighted by Gasteiger charge is -2.06. The maximum atomic E-state index is 5.50. The van der Waals surface area contributed by atoms with Crippen LogP contribution in [0.15, 0.2) is 54.9 Å². The zero-order valence-electron chi connectivity index (χ0n) is 13.1. The smallest absolute Gasteiger partial charge is 0.246 e. The molecule has 0 spiro atoms. The van der Waals surface area contributed by atoms with E-state index in [9.17, 15) is 0 Å². The van der Waals surface area contributed by atoms with Gasteiger partial charge in [-0.3, -0.25) is 0 Å². The predicted octanol–water partition coefficient (Wildman–Crippen LogP) is 3.42. The summed E-state index contributed by atoms with van der Waals surface area (Å²) in [6.45, 7) is 2.59. The van der Waals surface area contributed by atoms with Crippen molar-refractivity contribution in [2.24, 2.45) is 0 Å². The van der Waals surface area contributed by atoms with Crippen LogP contribution >= 0.6 is 0 Å². The molecule has 0 bridgehead atoms. The zero-order valence-corrected chi connectivity index (χ0v) is 13.1. The summed E-state index contributed by atoms with van der Waals surface area (Å²) in [6.07, 6.45) is 1.66. The summed E-state index contributed by atoms with van der Waals surface area (Å²) in [5, 5.41) is 7.58. The van der Waals surface area contributed by atoms with Crippen LogP contribution in [-0.4, -0.2) is 28.5 Å². The van der Waals surface area contributed by atoms with E-state index in [2.05, 4.69) is 15.4 Å². The molecule has 1 aromatic heterocycles. The molecule has 1 heterocycles. The molecular weight excluding hydrogens is 292 g/mol. The Morgan fingerprint density at radius 2 is 1.91 bits per heavy atom. The highest BCUT2D eigenvalue weighted by Gasteiger charge is 2.05. The first-order chi connectivity index (χ1) is 11.3. The van der Waals surface area contributed by atoms with Crippen LogP contribution in [0.3, 0.4) is 0 Å². The molecule has 0 aliphatic heterocycles. The molecule has 0 atom stereocenters. The van der Waals surface area contributed by atoms with Crippen LogP contribution in [0.4, 0.5) is 11.6 Å². The highest BCUT2D eigenvalue weighted by molar-refractivity contribution is 5.55. The number of rotatable bonds is 6. The Morgan fingerprint density at radius 1 is 1.09 bits per heavy atom. The largest absolute Gasteiger partial charge is 0.497 e. The molecule has 0 saturated carbocycles. The van der Waals surface area contributed by atoms with E-state index in [1.165, 1.54) is 0 Å².